The van der Waals surface area contributed by atoms with E-state index in [0.717, 1.165) is 22.6 Å². The summed E-state index contributed by atoms with van der Waals surface area (Å²) in [4.78, 5) is 12.7. The van der Waals surface area contributed by atoms with E-state index in [9.17, 15) is 4.79 Å². The summed E-state index contributed by atoms with van der Waals surface area (Å²) in [6.45, 7) is 3.96. The van der Waals surface area contributed by atoms with Crippen LogP contribution in [0.5, 0.6) is 11.6 Å². The van der Waals surface area contributed by atoms with Gasteiger partial charge in [-0.05, 0) is 74.1 Å². The Morgan fingerprint density at radius 3 is 2.42 bits per heavy atom. The number of nitrogens with zero attached hydrogens (tertiary/aromatic N) is 2. The van der Waals surface area contributed by atoms with E-state index in [-0.39, 0.29) is 6.03 Å². The van der Waals surface area contributed by atoms with Crippen molar-refractivity contribution in [2.75, 3.05) is 10.6 Å². The van der Waals surface area contributed by atoms with Gasteiger partial charge in [0, 0.05) is 11.8 Å². The molecular formula is C27H26N4O2. The maximum absolute atomic E-state index is 12.7. The molecule has 5 rings (SSSR count). The molecule has 0 bridgehead atoms. The third-order valence-electron chi connectivity index (χ3n) is 5.71. The van der Waals surface area contributed by atoms with Crippen molar-refractivity contribution in [2.45, 2.75) is 32.6 Å². The highest BCUT2D eigenvalue weighted by molar-refractivity contribution is 6.00. The zero-order chi connectivity index (χ0) is 22.8. The molecule has 2 amide bonds. The van der Waals surface area contributed by atoms with Crippen LogP contribution in [-0.4, -0.2) is 15.8 Å². The van der Waals surface area contributed by atoms with E-state index < -0.39 is 0 Å². The third-order valence-corrected chi connectivity index (χ3v) is 5.71. The molecule has 0 radical (unpaired) electrons. The number of amides is 2. The van der Waals surface area contributed by atoms with Crippen LogP contribution in [0.1, 0.15) is 35.6 Å². The van der Waals surface area contributed by atoms with Gasteiger partial charge in [0.1, 0.15) is 0 Å². The van der Waals surface area contributed by atoms with Gasteiger partial charge in [-0.25, -0.2) is 9.48 Å². The molecule has 2 N–H and O–H groups in total. The summed E-state index contributed by atoms with van der Waals surface area (Å²) >= 11 is 0. The summed E-state index contributed by atoms with van der Waals surface area (Å²) in [5.74, 6) is 1.80. The fraction of sp³-hybridized carbons (Fsp3) is 0.185. The highest BCUT2D eigenvalue weighted by atomic mass is 16.5. The summed E-state index contributed by atoms with van der Waals surface area (Å²) in [7, 11) is 0. The second kappa shape index (κ2) is 8.82. The largest absolute Gasteiger partial charge is 0.437 e. The lowest BCUT2D eigenvalue weighted by Crippen LogP contribution is -2.19. The number of hydrogen-bond donors (Lipinski definition) is 2. The number of para-hydroxylation sites is 3. The minimum atomic E-state index is -0.325. The Morgan fingerprint density at radius 2 is 1.67 bits per heavy atom. The molecule has 0 unspecified atom stereocenters. The lowest BCUT2D eigenvalue weighted by molar-refractivity contribution is 0.262. The van der Waals surface area contributed by atoms with Crippen LogP contribution in [-0.2, 0) is 0 Å². The van der Waals surface area contributed by atoms with Crippen molar-refractivity contribution >= 4 is 17.4 Å². The van der Waals surface area contributed by atoms with Gasteiger partial charge in [-0.2, -0.15) is 5.10 Å². The summed E-state index contributed by atoms with van der Waals surface area (Å²) in [6.07, 6.45) is 2.51. The molecule has 0 saturated heterocycles. The van der Waals surface area contributed by atoms with Crippen molar-refractivity contribution in [1.82, 2.24) is 9.78 Å². The molecule has 3 aromatic carbocycles. The number of aromatic nitrogens is 2. The van der Waals surface area contributed by atoms with Crippen molar-refractivity contribution in [2.24, 2.45) is 0 Å². The molecule has 4 aromatic rings. The molecule has 0 spiro atoms. The quantitative estimate of drug-likeness (QED) is 0.348. The minimum absolute atomic E-state index is 0.325. The SMILES string of the molecule is Cc1cc(Oc2ccccc2NC(=O)Nc2ccc(C3CC3)cc2)n(-c2ccccc2C)n1. The first-order valence-corrected chi connectivity index (χ1v) is 11.1. The number of anilines is 2. The summed E-state index contributed by atoms with van der Waals surface area (Å²) < 4.78 is 8.01. The summed E-state index contributed by atoms with van der Waals surface area (Å²) in [5, 5.41) is 10.4. The average molecular weight is 439 g/mol. The van der Waals surface area contributed by atoms with E-state index in [2.05, 4.69) is 27.9 Å². The molecular weight excluding hydrogens is 412 g/mol. The van der Waals surface area contributed by atoms with Gasteiger partial charge >= 0.3 is 6.03 Å². The highest BCUT2D eigenvalue weighted by Crippen LogP contribution is 2.40. The fourth-order valence-electron chi connectivity index (χ4n) is 3.83. The Balaban J connectivity index is 1.33. The van der Waals surface area contributed by atoms with Crippen LogP contribution in [0.4, 0.5) is 16.2 Å². The molecule has 1 fully saturated rings. The lowest BCUT2D eigenvalue weighted by Gasteiger charge is -2.14. The lowest BCUT2D eigenvalue weighted by atomic mass is 10.1. The van der Waals surface area contributed by atoms with Crippen molar-refractivity contribution in [3.8, 4) is 17.3 Å². The third kappa shape index (κ3) is 4.75. The monoisotopic (exact) mass is 438 g/mol. The summed E-state index contributed by atoms with van der Waals surface area (Å²) in [6, 6.07) is 25.0. The van der Waals surface area contributed by atoms with Crippen LogP contribution in [0.2, 0.25) is 0 Å². The Hall–Kier alpha value is -4.06. The maximum atomic E-state index is 12.7. The van der Waals surface area contributed by atoms with Crippen molar-refractivity contribution in [3.63, 3.8) is 0 Å². The predicted octanol–water partition coefficient (Wildman–Crippen LogP) is 6.80. The summed E-state index contributed by atoms with van der Waals surface area (Å²) in [5.41, 5.74) is 5.53. The van der Waals surface area contributed by atoms with Crippen molar-refractivity contribution in [3.05, 3.63) is 95.7 Å². The zero-order valence-electron chi connectivity index (χ0n) is 18.7. The first-order chi connectivity index (χ1) is 16.1. The van der Waals surface area contributed by atoms with E-state index in [0.29, 0.717) is 23.2 Å². The first-order valence-electron chi connectivity index (χ1n) is 11.1. The van der Waals surface area contributed by atoms with Gasteiger partial charge in [0.2, 0.25) is 5.88 Å². The van der Waals surface area contributed by atoms with E-state index in [4.69, 9.17) is 4.74 Å². The van der Waals surface area contributed by atoms with Gasteiger partial charge in [0.15, 0.2) is 5.75 Å². The minimum Gasteiger partial charge on any atom is -0.437 e. The number of hydrogen-bond acceptors (Lipinski definition) is 3. The standard InChI is InChI=1S/C27H26N4O2/c1-18-7-3-5-9-24(18)31-26(17-19(2)30-31)33-25-10-6-4-8-23(25)29-27(32)28-22-15-13-21(14-16-22)20-11-12-20/h3-10,13-17,20H,11-12H2,1-2H3,(H2,28,29,32). The number of carbonyl (C=O) groups excluding carboxylic acids is 1. The van der Waals surface area contributed by atoms with Gasteiger partial charge in [-0.15, -0.1) is 0 Å². The van der Waals surface area contributed by atoms with Crippen LogP contribution in [0.15, 0.2) is 78.9 Å². The van der Waals surface area contributed by atoms with E-state index in [1.807, 2.05) is 80.6 Å². The number of aryl methyl sites for hydroxylation is 2. The molecule has 33 heavy (non-hydrogen) atoms. The Bertz CT molecular complexity index is 1290. The Morgan fingerprint density at radius 1 is 0.939 bits per heavy atom. The number of urea groups is 1. The predicted molar refractivity (Wildman–Crippen MR) is 131 cm³/mol. The van der Waals surface area contributed by atoms with Gasteiger partial charge in [0.25, 0.3) is 0 Å². The van der Waals surface area contributed by atoms with Crippen LogP contribution in [0.3, 0.4) is 0 Å². The molecule has 6 heteroatoms. The molecule has 0 aliphatic heterocycles. The van der Waals surface area contributed by atoms with Crippen LogP contribution < -0.4 is 15.4 Å². The van der Waals surface area contributed by atoms with Crippen LogP contribution in [0.25, 0.3) is 5.69 Å². The Labute approximate surface area is 193 Å². The molecule has 166 valence electrons. The highest BCUT2D eigenvalue weighted by Gasteiger charge is 2.23. The van der Waals surface area contributed by atoms with Crippen molar-refractivity contribution < 1.29 is 9.53 Å². The number of carbonyl (C=O) groups is 1. The van der Waals surface area contributed by atoms with Crippen molar-refractivity contribution in [1.29, 1.82) is 0 Å². The second-order valence-corrected chi connectivity index (χ2v) is 8.40. The molecule has 1 saturated carbocycles. The van der Waals surface area contributed by atoms with Gasteiger partial charge in [0.05, 0.1) is 17.1 Å². The van der Waals surface area contributed by atoms with Crippen LogP contribution in [0, 0.1) is 13.8 Å². The van der Waals surface area contributed by atoms with Crippen LogP contribution >= 0.6 is 0 Å². The number of rotatable bonds is 6. The van der Waals surface area contributed by atoms with Gasteiger partial charge in [-0.1, -0.05) is 42.5 Å². The first kappa shape index (κ1) is 20.8. The van der Waals surface area contributed by atoms with E-state index in [1.54, 1.807) is 4.68 Å². The number of ether oxygens (including phenoxy) is 1. The second-order valence-electron chi connectivity index (χ2n) is 8.40. The maximum Gasteiger partial charge on any atom is 0.323 e. The number of nitrogens with one attached hydrogen (secondary N) is 2. The van der Waals surface area contributed by atoms with Gasteiger partial charge < -0.3 is 15.4 Å². The van der Waals surface area contributed by atoms with Gasteiger partial charge in [-0.3, -0.25) is 0 Å². The fourth-order valence-corrected chi connectivity index (χ4v) is 3.83. The Kier molecular flexibility index (Phi) is 5.57. The average Bonchev–Trinajstić information content (AvgIpc) is 3.59. The number of benzene rings is 3. The van der Waals surface area contributed by atoms with E-state index in [1.165, 1.54) is 18.4 Å². The smallest absolute Gasteiger partial charge is 0.323 e. The zero-order valence-corrected chi connectivity index (χ0v) is 18.7. The molecule has 1 aliphatic carbocycles. The molecule has 1 heterocycles. The molecule has 6 nitrogen and oxygen atoms in total. The molecule has 1 aromatic heterocycles. The molecule has 1 aliphatic rings. The normalized spacial score (nSPS) is 12.9. The topological polar surface area (TPSA) is 68.2 Å². The molecule has 0 atom stereocenters. The van der Waals surface area contributed by atoms with E-state index >= 15 is 0 Å².